The molecule has 2 bridgehead atoms. The van der Waals surface area contributed by atoms with Gasteiger partial charge in [0, 0.05) is 24.2 Å². The van der Waals surface area contributed by atoms with E-state index in [0.717, 1.165) is 30.4 Å². The number of hydrogen-bond donors (Lipinski definition) is 2. The number of ketones is 1. The number of benzene rings is 1. The van der Waals surface area contributed by atoms with Crippen molar-refractivity contribution in [2.45, 2.75) is 52.6 Å². The molecule has 0 unspecified atom stereocenters. The average Bonchev–Trinajstić information content (AvgIpc) is 2.79. The molecule has 174 valence electrons. The molecule has 3 aliphatic rings. The fourth-order valence-electron chi connectivity index (χ4n) is 4.42. The number of anilines is 1. The lowest BCUT2D eigenvalue weighted by Gasteiger charge is -2.47. The van der Waals surface area contributed by atoms with Gasteiger partial charge in [0.25, 0.3) is 0 Å². The lowest BCUT2D eigenvalue weighted by Crippen LogP contribution is -2.46. The SMILES string of the molecule is CCc1cccc(-c2cnc(C(=O)C(C)C)c(NC(=O)CNCC3=C4CC(C)(C4)OC3)c2)c1. The third-order valence-corrected chi connectivity index (χ3v) is 6.48. The monoisotopic (exact) mass is 447 g/mol. The Bertz CT molecular complexity index is 1100. The summed E-state index contributed by atoms with van der Waals surface area (Å²) in [4.78, 5) is 29.9. The number of aryl methyl sites for hydroxylation is 1. The minimum atomic E-state index is -0.214. The molecule has 2 aromatic rings. The number of fused-ring (bicyclic) bond motifs is 2. The number of rotatable bonds is 9. The number of nitrogens with one attached hydrogen (secondary N) is 2. The summed E-state index contributed by atoms with van der Waals surface area (Å²) in [7, 11) is 0. The molecular weight excluding hydrogens is 414 g/mol. The van der Waals surface area contributed by atoms with Gasteiger partial charge in [0.1, 0.15) is 5.69 Å². The van der Waals surface area contributed by atoms with Gasteiger partial charge in [-0.2, -0.15) is 0 Å². The van der Waals surface area contributed by atoms with Crippen LogP contribution >= 0.6 is 0 Å². The highest BCUT2D eigenvalue weighted by molar-refractivity contribution is 6.05. The molecule has 1 aliphatic carbocycles. The van der Waals surface area contributed by atoms with Gasteiger partial charge in [-0.05, 0) is 49.0 Å². The topological polar surface area (TPSA) is 80.3 Å². The summed E-state index contributed by atoms with van der Waals surface area (Å²) in [5.41, 5.74) is 6.59. The number of amides is 1. The average molecular weight is 448 g/mol. The number of ether oxygens (including phenoxy) is 1. The van der Waals surface area contributed by atoms with Crippen LogP contribution in [0.25, 0.3) is 11.1 Å². The third-order valence-electron chi connectivity index (χ3n) is 6.48. The van der Waals surface area contributed by atoms with E-state index in [1.54, 1.807) is 6.20 Å². The molecular formula is C27H33N3O3. The van der Waals surface area contributed by atoms with Crippen molar-refractivity contribution in [1.29, 1.82) is 0 Å². The summed E-state index contributed by atoms with van der Waals surface area (Å²) >= 11 is 0. The standard InChI is InChI=1S/C27H33N3O3/c1-5-18-7-6-8-19(9-18)20-10-23(25(29-14-20)26(32)17(2)3)30-24(31)15-28-13-22-16-33-27(4)11-21(22)12-27/h6-10,14,17,28H,5,11-13,15-16H2,1-4H3,(H,30,31). The molecule has 0 radical (unpaired) electrons. The van der Waals surface area contributed by atoms with E-state index in [1.165, 1.54) is 16.7 Å². The van der Waals surface area contributed by atoms with E-state index < -0.39 is 0 Å². The molecule has 1 fully saturated rings. The summed E-state index contributed by atoms with van der Waals surface area (Å²) in [6.07, 6.45) is 4.63. The normalized spacial score (nSPS) is 16.5. The van der Waals surface area contributed by atoms with E-state index >= 15 is 0 Å². The van der Waals surface area contributed by atoms with Crippen molar-refractivity contribution in [2.24, 2.45) is 5.92 Å². The van der Waals surface area contributed by atoms with Crippen LogP contribution in [0.2, 0.25) is 0 Å². The van der Waals surface area contributed by atoms with Crippen LogP contribution in [0.3, 0.4) is 0 Å². The van der Waals surface area contributed by atoms with Crippen molar-refractivity contribution in [1.82, 2.24) is 10.3 Å². The van der Waals surface area contributed by atoms with E-state index in [1.807, 2.05) is 32.0 Å². The number of carbonyl (C=O) groups excluding carboxylic acids is 2. The van der Waals surface area contributed by atoms with E-state index in [9.17, 15) is 9.59 Å². The molecule has 0 atom stereocenters. The second-order valence-electron chi connectivity index (χ2n) is 9.64. The molecule has 1 aromatic heterocycles. The maximum absolute atomic E-state index is 12.7. The van der Waals surface area contributed by atoms with Crippen LogP contribution in [0.15, 0.2) is 47.7 Å². The van der Waals surface area contributed by atoms with Crippen molar-refractivity contribution in [3.8, 4) is 11.1 Å². The number of aromatic nitrogens is 1. The Morgan fingerprint density at radius 1 is 1.18 bits per heavy atom. The van der Waals surface area contributed by atoms with E-state index in [4.69, 9.17) is 4.74 Å². The zero-order chi connectivity index (χ0) is 23.6. The summed E-state index contributed by atoms with van der Waals surface area (Å²) in [6.45, 7) is 9.35. The number of carbonyl (C=O) groups is 2. The summed E-state index contributed by atoms with van der Waals surface area (Å²) in [5, 5.41) is 6.14. The van der Waals surface area contributed by atoms with Gasteiger partial charge in [0.15, 0.2) is 5.78 Å². The Labute approximate surface area is 195 Å². The van der Waals surface area contributed by atoms with Crippen LogP contribution in [-0.4, -0.2) is 42.0 Å². The Hall–Kier alpha value is -2.83. The van der Waals surface area contributed by atoms with Crippen molar-refractivity contribution in [3.63, 3.8) is 0 Å². The predicted molar refractivity (Wildman–Crippen MR) is 130 cm³/mol. The molecule has 6 heteroatoms. The van der Waals surface area contributed by atoms with E-state index in [-0.39, 0.29) is 29.8 Å². The fourth-order valence-corrected chi connectivity index (χ4v) is 4.42. The van der Waals surface area contributed by atoms with Crippen LogP contribution < -0.4 is 10.6 Å². The molecule has 0 spiro atoms. The van der Waals surface area contributed by atoms with Gasteiger partial charge < -0.3 is 15.4 Å². The minimum Gasteiger partial charge on any atom is -0.370 e. The third kappa shape index (κ3) is 5.23. The lowest BCUT2D eigenvalue weighted by molar-refractivity contribution is -0.115. The molecule has 5 rings (SSSR count). The number of hydrogen-bond acceptors (Lipinski definition) is 5. The highest BCUT2D eigenvalue weighted by atomic mass is 16.5. The van der Waals surface area contributed by atoms with Gasteiger partial charge in [-0.15, -0.1) is 0 Å². The summed E-state index contributed by atoms with van der Waals surface area (Å²) < 4.78 is 5.89. The van der Waals surface area contributed by atoms with Crippen LogP contribution in [-0.2, 0) is 16.0 Å². The van der Waals surface area contributed by atoms with Crippen molar-refractivity contribution >= 4 is 17.4 Å². The van der Waals surface area contributed by atoms with Crippen molar-refractivity contribution in [2.75, 3.05) is 25.0 Å². The molecule has 3 heterocycles. The second kappa shape index (κ2) is 9.57. The first kappa shape index (κ1) is 23.3. The first-order valence-electron chi connectivity index (χ1n) is 11.8. The largest absolute Gasteiger partial charge is 0.370 e. The zero-order valence-corrected chi connectivity index (χ0v) is 20.0. The second-order valence-corrected chi connectivity index (χ2v) is 9.64. The van der Waals surface area contributed by atoms with Crippen LogP contribution in [0.5, 0.6) is 0 Å². The number of nitrogens with zero attached hydrogens (tertiary/aromatic N) is 1. The molecule has 1 aromatic carbocycles. The van der Waals surface area contributed by atoms with E-state index in [2.05, 4.69) is 41.6 Å². The van der Waals surface area contributed by atoms with Gasteiger partial charge in [-0.1, -0.05) is 50.6 Å². The maximum atomic E-state index is 12.7. The molecule has 0 saturated heterocycles. The quantitative estimate of drug-likeness (QED) is 0.435. The number of pyridine rings is 1. The summed E-state index contributed by atoms with van der Waals surface area (Å²) in [5.74, 6) is -0.505. The van der Waals surface area contributed by atoms with Gasteiger partial charge in [-0.25, -0.2) is 0 Å². The van der Waals surface area contributed by atoms with Gasteiger partial charge in [-0.3, -0.25) is 14.6 Å². The maximum Gasteiger partial charge on any atom is 0.238 e. The summed E-state index contributed by atoms with van der Waals surface area (Å²) in [6, 6.07) is 10.1. The van der Waals surface area contributed by atoms with Crippen molar-refractivity contribution in [3.05, 3.63) is 58.9 Å². The first-order valence-corrected chi connectivity index (χ1v) is 11.8. The Kier molecular flexibility index (Phi) is 6.77. The molecule has 1 saturated carbocycles. The van der Waals surface area contributed by atoms with E-state index in [0.29, 0.717) is 24.5 Å². The lowest BCUT2D eigenvalue weighted by atomic mass is 9.72. The molecule has 2 aliphatic heterocycles. The van der Waals surface area contributed by atoms with Gasteiger partial charge in [0.05, 0.1) is 24.4 Å². The van der Waals surface area contributed by atoms with Crippen LogP contribution in [0, 0.1) is 5.92 Å². The Balaban J connectivity index is 1.47. The Morgan fingerprint density at radius 2 is 1.97 bits per heavy atom. The van der Waals surface area contributed by atoms with Gasteiger partial charge >= 0.3 is 0 Å². The van der Waals surface area contributed by atoms with Crippen LogP contribution in [0.4, 0.5) is 5.69 Å². The fraction of sp³-hybridized carbons (Fsp3) is 0.444. The molecule has 33 heavy (non-hydrogen) atoms. The van der Waals surface area contributed by atoms with Crippen molar-refractivity contribution < 1.29 is 14.3 Å². The molecule has 6 nitrogen and oxygen atoms in total. The van der Waals surface area contributed by atoms with Gasteiger partial charge in [0.2, 0.25) is 5.91 Å². The zero-order valence-electron chi connectivity index (χ0n) is 20.0. The molecule has 1 amide bonds. The minimum absolute atomic E-state index is 0.0320. The smallest absolute Gasteiger partial charge is 0.238 e. The highest BCUT2D eigenvalue weighted by Crippen LogP contribution is 2.45. The number of Topliss-reactive ketones (excluding diaryl/α,β-unsaturated/α-hetero) is 1. The molecule has 2 N–H and O–H groups in total. The predicted octanol–water partition coefficient (Wildman–Crippen LogP) is 4.56. The Morgan fingerprint density at radius 3 is 2.64 bits per heavy atom. The van der Waals surface area contributed by atoms with Crippen LogP contribution in [0.1, 0.15) is 56.6 Å². The highest BCUT2D eigenvalue weighted by Gasteiger charge is 2.42. The first-order chi connectivity index (χ1) is 15.8.